The topological polar surface area (TPSA) is 55.2 Å². The van der Waals surface area contributed by atoms with E-state index >= 15 is 0 Å². The Labute approximate surface area is 153 Å². The van der Waals surface area contributed by atoms with Crippen molar-refractivity contribution in [3.8, 4) is 11.3 Å². The summed E-state index contributed by atoms with van der Waals surface area (Å²) in [4.78, 5) is 26.9. The molecule has 1 aliphatic carbocycles. The number of hydrogen-bond donors (Lipinski definition) is 0. The molecule has 1 saturated carbocycles. The standard InChI is InChI=1S/C21H25N3O2/c1-15-14-19(25)24(22-20(15)16-6-3-2-4-7-16)18-10-12-23(13-11-18)21(26)17-8-5-9-17/h2-4,6-7,14,17-18H,5,8-13H2,1H3. The Bertz CT molecular complexity index is 847. The van der Waals surface area contributed by atoms with E-state index in [0.29, 0.717) is 5.91 Å². The number of nitrogens with zero attached hydrogens (tertiary/aromatic N) is 3. The molecule has 136 valence electrons. The molecule has 1 aliphatic heterocycles. The number of benzene rings is 1. The van der Waals surface area contributed by atoms with Gasteiger partial charge < -0.3 is 4.90 Å². The Kier molecular flexibility index (Phi) is 4.62. The molecule has 5 heteroatoms. The monoisotopic (exact) mass is 351 g/mol. The summed E-state index contributed by atoms with van der Waals surface area (Å²) in [6, 6.07) is 11.7. The number of carbonyl (C=O) groups is 1. The SMILES string of the molecule is Cc1cc(=O)n(C2CCN(C(=O)C3CCC3)CC2)nc1-c1ccccc1. The first kappa shape index (κ1) is 17.0. The summed E-state index contributed by atoms with van der Waals surface area (Å²) < 4.78 is 1.64. The fraction of sp³-hybridized carbons (Fsp3) is 0.476. The van der Waals surface area contributed by atoms with Gasteiger partial charge in [-0.1, -0.05) is 36.8 Å². The van der Waals surface area contributed by atoms with Crippen LogP contribution in [0.1, 0.15) is 43.7 Å². The maximum atomic E-state index is 12.5. The van der Waals surface area contributed by atoms with E-state index in [9.17, 15) is 9.59 Å². The number of aryl methyl sites for hydroxylation is 1. The van der Waals surface area contributed by atoms with Gasteiger partial charge in [-0.2, -0.15) is 5.10 Å². The van der Waals surface area contributed by atoms with Crippen LogP contribution in [0.15, 0.2) is 41.2 Å². The zero-order valence-corrected chi connectivity index (χ0v) is 15.2. The molecule has 5 nitrogen and oxygen atoms in total. The summed E-state index contributed by atoms with van der Waals surface area (Å²) in [5.41, 5.74) is 2.73. The third kappa shape index (κ3) is 3.18. The highest BCUT2D eigenvalue weighted by molar-refractivity contribution is 5.79. The number of hydrogen-bond acceptors (Lipinski definition) is 3. The lowest BCUT2D eigenvalue weighted by Gasteiger charge is -2.36. The van der Waals surface area contributed by atoms with Crippen LogP contribution < -0.4 is 5.56 Å². The Morgan fingerprint density at radius 3 is 2.38 bits per heavy atom. The number of likely N-dealkylation sites (tertiary alicyclic amines) is 1. The van der Waals surface area contributed by atoms with E-state index in [4.69, 9.17) is 5.10 Å². The molecule has 2 aliphatic rings. The molecule has 26 heavy (non-hydrogen) atoms. The van der Waals surface area contributed by atoms with E-state index in [2.05, 4.69) is 0 Å². The normalized spacial score (nSPS) is 18.6. The fourth-order valence-electron chi connectivity index (χ4n) is 3.94. The summed E-state index contributed by atoms with van der Waals surface area (Å²) >= 11 is 0. The van der Waals surface area contributed by atoms with E-state index < -0.39 is 0 Å². The highest BCUT2D eigenvalue weighted by Gasteiger charge is 2.32. The van der Waals surface area contributed by atoms with Gasteiger partial charge in [0.05, 0.1) is 11.7 Å². The molecular formula is C21H25N3O2. The maximum Gasteiger partial charge on any atom is 0.267 e. The quantitative estimate of drug-likeness (QED) is 0.853. The number of carbonyl (C=O) groups excluding carboxylic acids is 1. The van der Waals surface area contributed by atoms with Crippen molar-refractivity contribution in [2.45, 2.75) is 45.1 Å². The molecule has 2 aromatic rings. The van der Waals surface area contributed by atoms with Gasteiger partial charge in [0.25, 0.3) is 5.56 Å². The van der Waals surface area contributed by atoms with Gasteiger partial charge in [-0.15, -0.1) is 0 Å². The number of piperidine rings is 1. The number of rotatable bonds is 3. The molecule has 0 radical (unpaired) electrons. The van der Waals surface area contributed by atoms with Crippen LogP contribution in [0.2, 0.25) is 0 Å². The lowest BCUT2D eigenvalue weighted by molar-refractivity contribution is -0.139. The minimum Gasteiger partial charge on any atom is -0.342 e. The summed E-state index contributed by atoms with van der Waals surface area (Å²) in [6.45, 7) is 3.38. The predicted octanol–water partition coefficient (Wildman–Crippen LogP) is 3.18. The zero-order chi connectivity index (χ0) is 18.1. The minimum absolute atomic E-state index is 0.0500. The number of amides is 1. The van der Waals surface area contributed by atoms with Crippen molar-refractivity contribution in [1.29, 1.82) is 0 Å². The van der Waals surface area contributed by atoms with E-state index in [1.54, 1.807) is 10.7 Å². The minimum atomic E-state index is -0.0500. The molecule has 1 aromatic carbocycles. The van der Waals surface area contributed by atoms with Gasteiger partial charge in [-0.3, -0.25) is 9.59 Å². The van der Waals surface area contributed by atoms with Gasteiger partial charge in [0.1, 0.15) is 0 Å². The predicted molar refractivity (Wildman–Crippen MR) is 101 cm³/mol. The summed E-state index contributed by atoms with van der Waals surface area (Å²) in [6.07, 6.45) is 4.85. The molecule has 0 N–H and O–H groups in total. The van der Waals surface area contributed by atoms with E-state index in [0.717, 1.165) is 55.6 Å². The molecule has 1 saturated heterocycles. The second-order valence-electron chi connectivity index (χ2n) is 7.51. The molecule has 0 bridgehead atoms. The van der Waals surface area contributed by atoms with Gasteiger partial charge >= 0.3 is 0 Å². The van der Waals surface area contributed by atoms with Crippen LogP contribution in [-0.2, 0) is 4.79 Å². The first-order valence-corrected chi connectivity index (χ1v) is 9.58. The average molecular weight is 351 g/mol. The molecule has 1 aromatic heterocycles. The Balaban J connectivity index is 1.53. The smallest absolute Gasteiger partial charge is 0.267 e. The molecule has 2 fully saturated rings. The summed E-state index contributed by atoms with van der Waals surface area (Å²) in [5, 5.41) is 4.70. The fourth-order valence-corrected chi connectivity index (χ4v) is 3.94. The Morgan fingerprint density at radius 2 is 1.77 bits per heavy atom. The zero-order valence-electron chi connectivity index (χ0n) is 15.2. The van der Waals surface area contributed by atoms with Crippen LogP contribution in [0.25, 0.3) is 11.3 Å². The van der Waals surface area contributed by atoms with Crippen molar-refractivity contribution < 1.29 is 4.79 Å². The van der Waals surface area contributed by atoms with Crippen LogP contribution in [0.5, 0.6) is 0 Å². The molecule has 4 rings (SSSR count). The highest BCUT2D eigenvalue weighted by Crippen LogP contribution is 2.30. The van der Waals surface area contributed by atoms with Crippen LogP contribution in [0.3, 0.4) is 0 Å². The molecule has 0 spiro atoms. The summed E-state index contributed by atoms with van der Waals surface area (Å²) in [7, 11) is 0. The average Bonchev–Trinajstić information content (AvgIpc) is 2.61. The van der Waals surface area contributed by atoms with Crippen molar-refractivity contribution >= 4 is 5.91 Å². The van der Waals surface area contributed by atoms with Gasteiger partial charge in [-0.25, -0.2) is 4.68 Å². The van der Waals surface area contributed by atoms with Crippen LogP contribution in [0, 0.1) is 12.8 Å². The second-order valence-corrected chi connectivity index (χ2v) is 7.51. The summed E-state index contributed by atoms with van der Waals surface area (Å²) in [5.74, 6) is 0.556. The molecule has 1 amide bonds. The third-order valence-electron chi connectivity index (χ3n) is 5.77. The maximum absolute atomic E-state index is 12.5. The van der Waals surface area contributed by atoms with Crippen LogP contribution >= 0.6 is 0 Å². The number of aromatic nitrogens is 2. The first-order chi connectivity index (χ1) is 12.6. The molecular weight excluding hydrogens is 326 g/mol. The van der Waals surface area contributed by atoms with Crippen molar-refractivity contribution in [3.63, 3.8) is 0 Å². The lowest BCUT2D eigenvalue weighted by Crippen LogP contribution is -2.45. The van der Waals surface area contributed by atoms with Gasteiger partial charge in [0.15, 0.2) is 0 Å². The Morgan fingerprint density at radius 1 is 1.08 bits per heavy atom. The lowest BCUT2D eigenvalue weighted by atomic mass is 9.84. The van der Waals surface area contributed by atoms with Crippen molar-refractivity contribution in [2.75, 3.05) is 13.1 Å². The largest absolute Gasteiger partial charge is 0.342 e. The van der Waals surface area contributed by atoms with E-state index in [1.807, 2.05) is 42.2 Å². The molecule has 0 atom stereocenters. The van der Waals surface area contributed by atoms with Gasteiger partial charge in [-0.05, 0) is 38.2 Å². The van der Waals surface area contributed by atoms with Crippen molar-refractivity contribution in [1.82, 2.24) is 14.7 Å². The van der Waals surface area contributed by atoms with E-state index in [-0.39, 0.29) is 17.5 Å². The van der Waals surface area contributed by atoms with Crippen LogP contribution in [-0.4, -0.2) is 33.7 Å². The third-order valence-corrected chi connectivity index (χ3v) is 5.77. The van der Waals surface area contributed by atoms with Crippen molar-refractivity contribution in [2.24, 2.45) is 5.92 Å². The first-order valence-electron chi connectivity index (χ1n) is 9.58. The van der Waals surface area contributed by atoms with Crippen LogP contribution in [0.4, 0.5) is 0 Å². The van der Waals surface area contributed by atoms with Crippen molar-refractivity contribution in [3.05, 3.63) is 52.3 Å². The highest BCUT2D eigenvalue weighted by atomic mass is 16.2. The van der Waals surface area contributed by atoms with E-state index in [1.165, 1.54) is 6.42 Å². The van der Waals surface area contributed by atoms with Gasteiger partial charge in [0.2, 0.25) is 5.91 Å². The molecule has 2 heterocycles. The Hall–Kier alpha value is -2.43. The second kappa shape index (κ2) is 7.06. The van der Waals surface area contributed by atoms with Gasteiger partial charge in [0, 0.05) is 30.6 Å². The molecule has 0 unspecified atom stereocenters.